The van der Waals surface area contributed by atoms with Gasteiger partial charge in [-0.3, -0.25) is 9.59 Å². The van der Waals surface area contributed by atoms with Crippen molar-refractivity contribution in [1.29, 1.82) is 0 Å². The van der Waals surface area contributed by atoms with E-state index in [1.807, 2.05) is 0 Å². The molecule has 0 aliphatic heterocycles. The summed E-state index contributed by atoms with van der Waals surface area (Å²) < 4.78 is 21.2. The number of benzene rings is 1. The summed E-state index contributed by atoms with van der Waals surface area (Å²) in [6, 6.07) is 3.48. The van der Waals surface area contributed by atoms with E-state index in [4.69, 9.17) is 23.7 Å². The molecule has 0 aliphatic rings. The number of carboxylic acid groups (broad SMARTS) is 1. The van der Waals surface area contributed by atoms with E-state index in [0.29, 0.717) is 35.8 Å². The zero-order valence-electron chi connectivity index (χ0n) is 15.8. The van der Waals surface area contributed by atoms with Crippen LogP contribution in [0.5, 0.6) is 17.2 Å². The number of aryl methyl sites for hydroxylation is 1. The topological polar surface area (TPSA) is 107 Å². The van der Waals surface area contributed by atoms with Crippen LogP contribution < -0.4 is 19.5 Å². The molecule has 8 heteroatoms. The average Bonchev–Trinajstić information content (AvgIpc) is 3.00. The number of hydrogen-bond acceptors (Lipinski definition) is 6. The van der Waals surface area contributed by atoms with Crippen LogP contribution in [0.3, 0.4) is 0 Å². The van der Waals surface area contributed by atoms with Crippen LogP contribution in [0.2, 0.25) is 0 Å². The number of ether oxygens (including phenoxy) is 3. The van der Waals surface area contributed by atoms with Gasteiger partial charge in [-0.25, -0.2) is 0 Å². The Morgan fingerprint density at radius 1 is 1.11 bits per heavy atom. The van der Waals surface area contributed by atoms with Gasteiger partial charge < -0.3 is 29.1 Å². The van der Waals surface area contributed by atoms with Gasteiger partial charge in [-0.15, -0.1) is 0 Å². The Kier molecular flexibility index (Phi) is 6.70. The Morgan fingerprint density at radius 2 is 1.74 bits per heavy atom. The molecule has 0 bridgehead atoms. The van der Waals surface area contributed by atoms with Crippen LogP contribution in [0.15, 0.2) is 22.8 Å². The molecule has 1 aromatic heterocycles. The van der Waals surface area contributed by atoms with Gasteiger partial charge in [0.25, 0.3) is 5.91 Å². The number of rotatable bonds is 9. The molecule has 0 atom stereocenters. The highest BCUT2D eigenvalue weighted by Crippen LogP contribution is 2.34. The summed E-state index contributed by atoms with van der Waals surface area (Å²) >= 11 is 0. The lowest BCUT2D eigenvalue weighted by molar-refractivity contribution is -0.136. The van der Waals surface area contributed by atoms with Crippen molar-refractivity contribution in [3.05, 3.63) is 40.8 Å². The standard InChI is InChI=1S/C19H23NO7/c1-11-10-27-16(9-17(21)22)18(11)19(23)20-6-5-13-14(25-3)7-12(24-2)8-15(13)26-4/h7-8,10H,5-6,9H2,1-4H3,(H,20,23)(H,21,22). The number of carbonyl (C=O) groups excluding carboxylic acids is 1. The van der Waals surface area contributed by atoms with E-state index in [9.17, 15) is 9.59 Å². The molecule has 146 valence electrons. The van der Waals surface area contributed by atoms with Gasteiger partial charge in [0.05, 0.1) is 33.2 Å². The summed E-state index contributed by atoms with van der Waals surface area (Å²) in [6.07, 6.45) is 1.48. The maximum Gasteiger partial charge on any atom is 0.311 e. The number of carbonyl (C=O) groups is 2. The van der Waals surface area contributed by atoms with Crippen LogP contribution in [0.1, 0.15) is 27.2 Å². The number of carboxylic acids is 1. The monoisotopic (exact) mass is 377 g/mol. The largest absolute Gasteiger partial charge is 0.496 e. The number of hydrogen-bond donors (Lipinski definition) is 2. The first kappa shape index (κ1) is 20.2. The highest BCUT2D eigenvalue weighted by Gasteiger charge is 2.21. The molecule has 2 N–H and O–H groups in total. The van der Waals surface area contributed by atoms with Gasteiger partial charge in [0.15, 0.2) is 0 Å². The Hall–Kier alpha value is -3.16. The van der Waals surface area contributed by atoms with E-state index in [-0.39, 0.29) is 23.7 Å². The van der Waals surface area contributed by atoms with Crippen LogP contribution in [0, 0.1) is 6.92 Å². The third-order valence-corrected chi connectivity index (χ3v) is 4.07. The second kappa shape index (κ2) is 8.98. The summed E-state index contributed by atoms with van der Waals surface area (Å²) in [5.41, 5.74) is 1.63. The smallest absolute Gasteiger partial charge is 0.311 e. The van der Waals surface area contributed by atoms with E-state index >= 15 is 0 Å². The minimum Gasteiger partial charge on any atom is -0.496 e. The predicted molar refractivity (Wildman–Crippen MR) is 96.9 cm³/mol. The molecule has 2 aromatic rings. The first-order valence-electron chi connectivity index (χ1n) is 8.27. The third kappa shape index (κ3) is 4.72. The molecule has 2 rings (SSSR count). The highest BCUT2D eigenvalue weighted by atomic mass is 16.5. The Balaban J connectivity index is 2.12. The highest BCUT2D eigenvalue weighted by molar-refractivity contribution is 5.97. The minimum absolute atomic E-state index is 0.136. The lowest BCUT2D eigenvalue weighted by Crippen LogP contribution is -2.27. The molecule has 1 amide bonds. The summed E-state index contributed by atoms with van der Waals surface area (Å²) in [5.74, 6) is 0.467. The number of amides is 1. The van der Waals surface area contributed by atoms with Crippen LogP contribution in [0.4, 0.5) is 0 Å². The van der Waals surface area contributed by atoms with Gasteiger partial charge in [0.2, 0.25) is 0 Å². The average molecular weight is 377 g/mol. The number of methoxy groups -OCH3 is 3. The molecule has 0 spiro atoms. The third-order valence-electron chi connectivity index (χ3n) is 4.07. The van der Waals surface area contributed by atoms with E-state index in [0.717, 1.165) is 5.56 Å². The summed E-state index contributed by atoms with van der Waals surface area (Å²) in [5, 5.41) is 11.7. The molecule has 0 unspecified atom stereocenters. The maximum atomic E-state index is 12.5. The van der Waals surface area contributed by atoms with E-state index in [2.05, 4.69) is 5.32 Å². The van der Waals surface area contributed by atoms with Gasteiger partial charge in [-0.2, -0.15) is 0 Å². The van der Waals surface area contributed by atoms with Gasteiger partial charge in [0, 0.05) is 29.8 Å². The molecular weight excluding hydrogens is 354 g/mol. The van der Waals surface area contributed by atoms with Crippen LogP contribution in [0.25, 0.3) is 0 Å². The van der Waals surface area contributed by atoms with E-state index < -0.39 is 5.97 Å². The summed E-state index contributed by atoms with van der Waals surface area (Å²) in [7, 11) is 4.64. The second-order valence-electron chi connectivity index (χ2n) is 5.80. The SMILES string of the molecule is COc1cc(OC)c(CCNC(=O)c2c(C)coc2CC(=O)O)c(OC)c1. The van der Waals surface area contributed by atoms with Crippen molar-refractivity contribution in [2.24, 2.45) is 0 Å². The number of aliphatic carboxylic acids is 1. The molecular formula is C19H23NO7. The minimum atomic E-state index is -1.06. The Labute approximate surface area is 157 Å². The molecule has 0 saturated carbocycles. The fourth-order valence-corrected chi connectivity index (χ4v) is 2.78. The van der Waals surface area contributed by atoms with Gasteiger partial charge in [-0.05, 0) is 13.3 Å². The fraction of sp³-hybridized carbons (Fsp3) is 0.368. The van der Waals surface area contributed by atoms with Gasteiger partial charge in [-0.1, -0.05) is 0 Å². The van der Waals surface area contributed by atoms with Crippen molar-refractivity contribution >= 4 is 11.9 Å². The maximum absolute atomic E-state index is 12.5. The first-order chi connectivity index (χ1) is 12.9. The van der Waals surface area contributed by atoms with Crippen molar-refractivity contribution in [2.75, 3.05) is 27.9 Å². The van der Waals surface area contributed by atoms with Crippen LogP contribution in [-0.4, -0.2) is 44.9 Å². The zero-order valence-corrected chi connectivity index (χ0v) is 15.8. The summed E-state index contributed by atoms with van der Waals surface area (Å²) in [4.78, 5) is 23.4. The molecule has 0 aliphatic carbocycles. The lowest BCUT2D eigenvalue weighted by atomic mass is 10.1. The van der Waals surface area contributed by atoms with Gasteiger partial charge in [0.1, 0.15) is 29.4 Å². The Morgan fingerprint density at radius 3 is 2.26 bits per heavy atom. The van der Waals surface area contributed by atoms with Gasteiger partial charge >= 0.3 is 5.97 Å². The van der Waals surface area contributed by atoms with E-state index in [1.165, 1.54) is 6.26 Å². The van der Waals surface area contributed by atoms with Crippen molar-refractivity contribution in [1.82, 2.24) is 5.32 Å². The predicted octanol–water partition coefficient (Wildman–Crippen LogP) is 2.21. The quantitative estimate of drug-likeness (QED) is 0.690. The van der Waals surface area contributed by atoms with Crippen LogP contribution >= 0.6 is 0 Å². The second-order valence-corrected chi connectivity index (χ2v) is 5.80. The zero-order chi connectivity index (χ0) is 20.0. The van der Waals surface area contributed by atoms with Crippen LogP contribution in [-0.2, 0) is 17.6 Å². The molecule has 27 heavy (non-hydrogen) atoms. The number of nitrogens with one attached hydrogen (secondary N) is 1. The molecule has 0 fully saturated rings. The Bertz CT molecular complexity index is 800. The van der Waals surface area contributed by atoms with Crippen molar-refractivity contribution in [3.8, 4) is 17.2 Å². The number of furan rings is 1. The van der Waals surface area contributed by atoms with E-state index in [1.54, 1.807) is 40.4 Å². The van der Waals surface area contributed by atoms with Crippen molar-refractivity contribution in [3.63, 3.8) is 0 Å². The first-order valence-corrected chi connectivity index (χ1v) is 8.27. The molecule has 0 saturated heterocycles. The molecule has 1 heterocycles. The molecule has 0 radical (unpaired) electrons. The summed E-state index contributed by atoms with van der Waals surface area (Å²) in [6.45, 7) is 1.99. The van der Waals surface area contributed by atoms with Crippen molar-refractivity contribution < 1.29 is 33.3 Å². The lowest BCUT2D eigenvalue weighted by Gasteiger charge is -2.15. The van der Waals surface area contributed by atoms with Crippen molar-refractivity contribution in [2.45, 2.75) is 19.8 Å². The molecule has 8 nitrogen and oxygen atoms in total. The fourth-order valence-electron chi connectivity index (χ4n) is 2.78. The molecule has 1 aromatic carbocycles. The normalized spacial score (nSPS) is 10.4.